The topological polar surface area (TPSA) is 84.4 Å². The zero-order chi connectivity index (χ0) is 11.4. The van der Waals surface area contributed by atoms with E-state index in [1.807, 2.05) is 24.5 Å². The van der Waals surface area contributed by atoms with Gasteiger partial charge in [-0.3, -0.25) is 5.43 Å². The molecule has 0 aliphatic rings. The predicted octanol–water partition coefficient (Wildman–Crippen LogP) is 0.688. The number of rotatable bonds is 2. The molecular weight excluding hydrogens is 212 g/mol. The minimum absolute atomic E-state index is 0.507. The monoisotopic (exact) mass is 226 g/mol. The van der Waals surface area contributed by atoms with Crippen molar-refractivity contribution in [1.82, 2.24) is 5.43 Å². The summed E-state index contributed by atoms with van der Waals surface area (Å²) in [5.74, 6) is 11.1. The summed E-state index contributed by atoms with van der Waals surface area (Å²) in [5.41, 5.74) is 4.52. The first kappa shape index (κ1) is 11.8. The van der Waals surface area contributed by atoms with Gasteiger partial charge in [-0.15, -0.1) is 0 Å². The third-order valence-electron chi connectivity index (χ3n) is 2.15. The molecule has 6 heteroatoms. The molecule has 2 amide bonds. The van der Waals surface area contributed by atoms with Crippen molar-refractivity contribution in [2.24, 2.45) is 11.7 Å². The summed E-state index contributed by atoms with van der Waals surface area (Å²) in [6.07, 6.45) is 0. The highest BCUT2D eigenvalue weighted by Crippen LogP contribution is 2.23. The largest absolute Gasteiger partial charge is 0.350 e. The lowest BCUT2D eigenvalue weighted by Crippen LogP contribution is -2.48. The van der Waals surface area contributed by atoms with Crippen LogP contribution in [-0.2, 0) is 5.75 Å². The van der Waals surface area contributed by atoms with Gasteiger partial charge in [0, 0.05) is 5.75 Å². The molecule has 1 aromatic rings. The second-order valence-corrected chi connectivity index (χ2v) is 3.37. The number of nitrogens with one attached hydrogen (secondary N) is 1. The third kappa shape index (κ3) is 2.41. The van der Waals surface area contributed by atoms with E-state index in [2.05, 4.69) is 12.6 Å². The molecule has 0 aromatic heterocycles. The lowest BCUT2D eigenvalue weighted by molar-refractivity contribution is 0.246. The van der Waals surface area contributed by atoms with Crippen LogP contribution in [0.3, 0.4) is 0 Å². The van der Waals surface area contributed by atoms with E-state index in [-0.39, 0.29) is 0 Å². The molecule has 0 aliphatic heterocycles. The fourth-order valence-corrected chi connectivity index (χ4v) is 1.71. The van der Waals surface area contributed by atoms with Gasteiger partial charge in [0.05, 0.1) is 5.69 Å². The van der Waals surface area contributed by atoms with Crippen LogP contribution >= 0.6 is 12.6 Å². The number of nitrogens with zero attached hydrogens (tertiary/aromatic N) is 1. The number of urea groups is 1. The quantitative estimate of drug-likeness (QED) is 0.259. The van der Waals surface area contributed by atoms with Crippen molar-refractivity contribution in [2.75, 3.05) is 5.01 Å². The number of hydrogen-bond acceptors (Lipinski definition) is 4. The molecule has 0 radical (unpaired) electrons. The van der Waals surface area contributed by atoms with Crippen molar-refractivity contribution in [3.05, 3.63) is 29.3 Å². The van der Waals surface area contributed by atoms with Gasteiger partial charge in [-0.2, -0.15) is 12.6 Å². The average molecular weight is 226 g/mol. The Balaban J connectivity index is 3.13. The van der Waals surface area contributed by atoms with Crippen LogP contribution in [-0.4, -0.2) is 6.03 Å². The van der Waals surface area contributed by atoms with Crippen LogP contribution in [0.25, 0.3) is 0 Å². The molecule has 0 aliphatic carbocycles. The molecule has 0 bridgehead atoms. The second kappa shape index (κ2) is 5.01. The van der Waals surface area contributed by atoms with Gasteiger partial charge >= 0.3 is 6.03 Å². The highest BCUT2D eigenvalue weighted by Gasteiger charge is 2.14. The fraction of sp³-hybridized carbons (Fsp3) is 0.222. The number of hydrogen-bond donors (Lipinski definition) is 4. The van der Waals surface area contributed by atoms with Crippen LogP contribution in [0.1, 0.15) is 11.1 Å². The van der Waals surface area contributed by atoms with E-state index in [1.165, 1.54) is 0 Å². The normalized spacial score (nSPS) is 9.87. The number of aryl methyl sites for hydroxylation is 1. The molecule has 0 heterocycles. The van der Waals surface area contributed by atoms with E-state index in [0.717, 1.165) is 16.1 Å². The SMILES string of the molecule is Cc1cccc(N(N)C(=O)NN)c1CS. The first-order valence-corrected chi connectivity index (χ1v) is 4.99. The van der Waals surface area contributed by atoms with Crippen molar-refractivity contribution >= 4 is 24.3 Å². The van der Waals surface area contributed by atoms with E-state index < -0.39 is 6.03 Å². The fourth-order valence-electron chi connectivity index (χ4n) is 1.30. The maximum absolute atomic E-state index is 11.2. The molecule has 0 atom stereocenters. The molecule has 82 valence electrons. The molecule has 1 rings (SSSR count). The molecule has 5 N–H and O–H groups in total. The zero-order valence-corrected chi connectivity index (χ0v) is 9.29. The molecule has 0 saturated heterocycles. The Kier molecular flexibility index (Phi) is 3.96. The Hall–Kier alpha value is -1.24. The van der Waals surface area contributed by atoms with Crippen molar-refractivity contribution in [1.29, 1.82) is 0 Å². The predicted molar refractivity (Wildman–Crippen MR) is 63.3 cm³/mol. The van der Waals surface area contributed by atoms with E-state index >= 15 is 0 Å². The van der Waals surface area contributed by atoms with Gasteiger partial charge in [0.2, 0.25) is 0 Å². The van der Waals surface area contributed by atoms with Gasteiger partial charge in [-0.25, -0.2) is 21.5 Å². The van der Waals surface area contributed by atoms with Crippen molar-refractivity contribution < 1.29 is 4.79 Å². The summed E-state index contributed by atoms with van der Waals surface area (Å²) in [5, 5.41) is 0.971. The maximum Gasteiger partial charge on any atom is 0.350 e. The van der Waals surface area contributed by atoms with Crippen LogP contribution in [0, 0.1) is 6.92 Å². The van der Waals surface area contributed by atoms with Crippen molar-refractivity contribution in [3.63, 3.8) is 0 Å². The van der Waals surface area contributed by atoms with Crippen LogP contribution in [0.4, 0.5) is 10.5 Å². The average Bonchev–Trinajstić information content (AvgIpc) is 2.26. The Morgan fingerprint density at radius 1 is 1.60 bits per heavy atom. The summed E-state index contributed by atoms with van der Waals surface area (Å²) in [4.78, 5) is 11.2. The molecule has 15 heavy (non-hydrogen) atoms. The number of carbonyl (C=O) groups is 1. The summed E-state index contributed by atoms with van der Waals surface area (Å²) >= 11 is 4.20. The Labute approximate surface area is 93.8 Å². The zero-order valence-electron chi connectivity index (χ0n) is 8.40. The molecule has 0 saturated carbocycles. The Morgan fingerprint density at radius 3 is 2.80 bits per heavy atom. The van der Waals surface area contributed by atoms with E-state index in [4.69, 9.17) is 11.7 Å². The van der Waals surface area contributed by atoms with Gasteiger partial charge in [0.15, 0.2) is 0 Å². The first-order valence-electron chi connectivity index (χ1n) is 4.36. The number of thiol groups is 1. The molecule has 0 spiro atoms. The summed E-state index contributed by atoms with van der Waals surface area (Å²) in [6, 6.07) is 4.93. The number of carbonyl (C=O) groups excluding carboxylic acids is 1. The van der Waals surface area contributed by atoms with E-state index in [1.54, 1.807) is 6.07 Å². The molecule has 1 aromatic carbocycles. The van der Waals surface area contributed by atoms with E-state index in [0.29, 0.717) is 11.4 Å². The maximum atomic E-state index is 11.2. The Morgan fingerprint density at radius 2 is 2.27 bits per heavy atom. The van der Waals surface area contributed by atoms with E-state index in [9.17, 15) is 4.79 Å². The van der Waals surface area contributed by atoms with Crippen LogP contribution in [0.15, 0.2) is 18.2 Å². The van der Waals surface area contributed by atoms with Crippen molar-refractivity contribution in [2.45, 2.75) is 12.7 Å². The Bertz CT molecular complexity index is 369. The van der Waals surface area contributed by atoms with Crippen LogP contribution in [0.5, 0.6) is 0 Å². The number of anilines is 1. The summed E-state index contributed by atoms with van der Waals surface area (Å²) < 4.78 is 0. The molecule has 0 fully saturated rings. The molecular formula is C9H14N4OS. The first-order chi connectivity index (χ1) is 7.11. The highest BCUT2D eigenvalue weighted by molar-refractivity contribution is 7.79. The minimum atomic E-state index is -0.566. The minimum Gasteiger partial charge on any atom is -0.274 e. The van der Waals surface area contributed by atoms with Gasteiger partial charge in [0.25, 0.3) is 0 Å². The molecule has 5 nitrogen and oxygen atoms in total. The van der Waals surface area contributed by atoms with Gasteiger partial charge < -0.3 is 0 Å². The lowest BCUT2D eigenvalue weighted by Gasteiger charge is -2.19. The van der Waals surface area contributed by atoms with Crippen molar-refractivity contribution in [3.8, 4) is 0 Å². The number of hydrazine groups is 2. The standard InChI is InChI=1S/C9H14N4OS/c1-6-3-2-4-8(7(6)5-15)13(11)9(14)12-10/h2-4,15H,5,10-11H2,1H3,(H,12,14). The number of benzene rings is 1. The molecule has 0 unspecified atom stereocenters. The summed E-state index contributed by atoms with van der Waals surface area (Å²) in [7, 11) is 0. The smallest absolute Gasteiger partial charge is 0.274 e. The second-order valence-electron chi connectivity index (χ2n) is 3.05. The number of amides is 2. The summed E-state index contributed by atoms with van der Waals surface area (Å²) in [6.45, 7) is 1.93. The lowest BCUT2D eigenvalue weighted by atomic mass is 10.1. The van der Waals surface area contributed by atoms with Crippen LogP contribution < -0.4 is 22.1 Å². The van der Waals surface area contributed by atoms with Crippen LogP contribution in [0.2, 0.25) is 0 Å². The third-order valence-corrected chi connectivity index (χ3v) is 2.46. The van der Waals surface area contributed by atoms with Gasteiger partial charge in [0.1, 0.15) is 0 Å². The van der Waals surface area contributed by atoms with Gasteiger partial charge in [-0.05, 0) is 24.1 Å². The highest BCUT2D eigenvalue weighted by atomic mass is 32.1. The van der Waals surface area contributed by atoms with Gasteiger partial charge in [-0.1, -0.05) is 12.1 Å². The number of nitrogens with two attached hydrogens (primary N) is 2.